The molecule has 0 bridgehead atoms. The molecular formula is C50H61N5O. The lowest BCUT2D eigenvalue weighted by Crippen LogP contribution is -2.16. The quantitative estimate of drug-likeness (QED) is 0.123. The molecule has 0 N–H and O–H groups in total. The van der Waals surface area contributed by atoms with Crippen LogP contribution < -0.4 is 0 Å². The molecule has 0 amide bonds. The number of carbonyl (C=O) groups is 1. The van der Waals surface area contributed by atoms with Crippen LogP contribution in [0.25, 0.3) is 0 Å². The first-order valence-corrected chi connectivity index (χ1v) is 19.5. The van der Waals surface area contributed by atoms with Crippen LogP contribution in [0.3, 0.4) is 0 Å². The molecule has 3 aromatic carbocycles. The van der Waals surface area contributed by atoms with Gasteiger partial charge in [0.15, 0.2) is 5.78 Å². The maximum Gasteiger partial charge on any atom is 0.178 e. The van der Waals surface area contributed by atoms with Gasteiger partial charge in [-0.3, -0.25) is 19.8 Å². The van der Waals surface area contributed by atoms with Crippen molar-refractivity contribution in [2.45, 2.75) is 122 Å². The number of aryl methyl sites for hydroxylation is 6. The van der Waals surface area contributed by atoms with Gasteiger partial charge in [0.1, 0.15) is 5.69 Å². The fraction of sp³-hybridized carbons (Fsp3) is 0.360. The van der Waals surface area contributed by atoms with E-state index in [1.54, 1.807) is 6.07 Å². The average molecular weight is 748 g/mol. The number of rotatable bonds is 7. The summed E-state index contributed by atoms with van der Waals surface area (Å²) in [5, 5.41) is 0. The van der Waals surface area contributed by atoms with Crippen molar-refractivity contribution in [2.24, 2.45) is 15.0 Å². The second kappa shape index (κ2) is 17.6. The van der Waals surface area contributed by atoms with Gasteiger partial charge in [-0.2, -0.15) is 0 Å². The van der Waals surface area contributed by atoms with Crippen molar-refractivity contribution in [2.75, 3.05) is 0 Å². The Labute approximate surface area is 336 Å². The molecule has 2 heterocycles. The number of Topliss-reactive ketones (excluding diaryl/α,β-unsaturated/α-hetero) is 1. The second-order valence-corrected chi connectivity index (χ2v) is 17.2. The van der Waals surface area contributed by atoms with Crippen molar-refractivity contribution >= 4 is 40.0 Å². The molecule has 0 atom stereocenters. The summed E-state index contributed by atoms with van der Waals surface area (Å²) >= 11 is 0. The van der Waals surface area contributed by atoms with E-state index in [1.807, 2.05) is 51.1 Å². The molecule has 292 valence electrons. The lowest BCUT2D eigenvalue weighted by atomic mass is 9.80. The van der Waals surface area contributed by atoms with Crippen molar-refractivity contribution in [3.8, 4) is 0 Å². The minimum atomic E-state index is -0.0349. The van der Waals surface area contributed by atoms with E-state index in [1.165, 1.54) is 40.3 Å². The van der Waals surface area contributed by atoms with Crippen LogP contribution in [0.4, 0.5) is 17.1 Å². The third kappa shape index (κ3) is 11.3. The van der Waals surface area contributed by atoms with Crippen LogP contribution in [0.15, 0.2) is 93.8 Å². The van der Waals surface area contributed by atoms with Gasteiger partial charge in [0.05, 0.1) is 51.3 Å². The standard InChI is InChI=1S/C32H41N3.C18H20N2O/c1-20-15-21(2)30(22(3)16-20)34-24(5)29-14-12-13-28(35-29)23(4)33-27-18-25(31(6,7)8)17-26(19-27)32(9,10)11;1-11-9-12(2)18(13(3)10-11)19-14(4)16-7-6-8-17(20-16)15(5)21/h12-19H,1-11H3;6-10H,1-5H3. The summed E-state index contributed by atoms with van der Waals surface area (Å²) < 4.78 is 0. The van der Waals surface area contributed by atoms with Gasteiger partial charge in [0, 0.05) is 6.92 Å². The molecule has 0 saturated carbocycles. The van der Waals surface area contributed by atoms with Gasteiger partial charge in [0.2, 0.25) is 0 Å². The molecule has 0 aliphatic rings. The van der Waals surface area contributed by atoms with E-state index >= 15 is 0 Å². The highest BCUT2D eigenvalue weighted by Crippen LogP contribution is 2.33. The van der Waals surface area contributed by atoms with Crippen molar-refractivity contribution < 1.29 is 4.79 Å². The number of carbonyl (C=O) groups excluding carboxylic acids is 1. The summed E-state index contributed by atoms with van der Waals surface area (Å²) in [6.45, 7) is 33.6. The van der Waals surface area contributed by atoms with Gasteiger partial charge in [-0.05, 0) is 143 Å². The molecule has 0 aliphatic heterocycles. The van der Waals surface area contributed by atoms with E-state index in [2.05, 4.69) is 131 Å². The summed E-state index contributed by atoms with van der Waals surface area (Å²) in [7, 11) is 0. The Morgan fingerprint density at radius 3 is 1.12 bits per heavy atom. The molecule has 5 rings (SSSR count). The van der Waals surface area contributed by atoms with Gasteiger partial charge in [-0.25, -0.2) is 9.97 Å². The lowest BCUT2D eigenvalue weighted by Gasteiger charge is -2.25. The predicted octanol–water partition coefficient (Wildman–Crippen LogP) is 13.2. The summed E-state index contributed by atoms with van der Waals surface area (Å²) in [6.07, 6.45) is 0. The Hall–Kier alpha value is -5.36. The zero-order valence-corrected chi connectivity index (χ0v) is 36.6. The van der Waals surface area contributed by atoms with E-state index < -0.39 is 0 Å². The summed E-state index contributed by atoms with van der Waals surface area (Å²) in [6, 6.07) is 26.9. The van der Waals surface area contributed by atoms with E-state index in [-0.39, 0.29) is 16.6 Å². The zero-order valence-electron chi connectivity index (χ0n) is 36.6. The predicted molar refractivity (Wildman–Crippen MR) is 239 cm³/mol. The van der Waals surface area contributed by atoms with Gasteiger partial charge < -0.3 is 0 Å². The Morgan fingerprint density at radius 1 is 0.464 bits per heavy atom. The average Bonchev–Trinajstić information content (AvgIpc) is 3.10. The summed E-state index contributed by atoms with van der Waals surface area (Å²) in [5.41, 5.74) is 18.4. The maximum absolute atomic E-state index is 11.4. The molecule has 2 aromatic heterocycles. The second-order valence-electron chi connectivity index (χ2n) is 17.2. The highest BCUT2D eigenvalue weighted by Gasteiger charge is 2.21. The molecule has 56 heavy (non-hydrogen) atoms. The Balaban J connectivity index is 0.000000282. The van der Waals surface area contributed by atoms with E-state index in [0.717, 1.165) is 62.4 Å². The highest BCUT2D eigenvalue weighted by molar-refractivity contribution is 6.03. The third-order valence-electron chi connectivity index (χ3n) is 9.75. The molecule has 6 heteroatoms. The van der Waals surface area contributed by atoms with Gasteiger partial charge in [0.25, 0.3) is 0 Å². The zero-order chi connectivity index (χ0) is 41.7. The molecule has 5 aromatic rings. The van der Waals surface area contributed by atoms with E-state index in [0.29, 0.717) is 5.69 Å². The molecular weight excluding hydrogens is 687 g/mol. The first kappa shape index (κ1) is 43.4. The molecule has 0 aliphatic carbocycles. The summed E-state index contributed by atoms with van der Waals surface area (Å²) in [4.78, 5) is 35.4. The number of hydrogen-bond donors (Lipinski definition) is 0. The van der Waals surface area contributed by atoms with Crippen LogP contribution in [-0.2, 0) is 10.8 Å². The first-order valence-electron chi connectivity index (χ1n) is 19.5. The third-order valence-corrected chi connectivity index (χ3v) is 9.75. The summed E-state index contributed by atoms with van der Waals surface area (Å²) in [5.74, 6) is -0.0349. The van der Waals surface area contributed by atoms with Crippen molar-refractivity contribution in [3.05, 3.63) is 146 Å². The van der Waals surface area contributed by atoms with E-state index in [4.69, 9.17) is 20.0 Å². The van der Waals surface area contributed by atoms with Gasteiger partial charge in [-0.1, -0.05) is 95.1 Å². The van der Waals surface area contributed by atoms with E-state index in [9.17, 15) is 4.79 Å². The minimum absolute atomic E-state index is 0.0349. The number of nitrogens with zero attached hydrogens (tertiary/aromatic N) is 5. The van der Waals surface area contributed by atoms with Crippen LogP contribution >= 0.6 is 0 Å². The number of pyridine rings is 2. The number of hydrogen-bond acceptors (Lipinski definition) is 6. The molecule has 0 fully saturated rings. The molecule has 0 unspecified atom stereocenters. The normalized spacial score (nSPS) is 12.7. The van der Waals surface area contributed by atoms with Crippen molar-refractivity contribution in [1.29, 1.82) is 0 Å². The first-order chi connectivity index (χ1) is 26.0. The fourth-order valence-corrected chi connectivity index (χ4v) is 6.61. The van der Waals surface area contributed by atoms with Crippen LogP contribution in [0.5, 0.6) is 0 Å². The SMILES string of the molecule is CC(=Nc1cc(C(C)(C)C)cc(C(C)(C)C)c1)c1cccc(C(C)=Nc2c(C)cc(C)cc2C)n1.CC(=O)c1cccc(C(C)=Nc2c(C)cc(C)cc2C)n1. The maximum atomic E-state index is 11.4. The minimum Gasteiger partial charge on any atom is -0.293 e. The Kier molecular flexibility index (Phi) is 13.6. The highest BCUT2D eigenvalue weighted by atomic mass is 16.1. The molecule has 6 nitrogen and oxygen atoms in total. The van der Waals surface area contributed by atoms with Crippen LogP contribution in [0.2, 0.25) is 0 Å². The van der Waals surface area contributed by atoms with Gasteiger partial charge >= 0.3 is 0 Å². The smallest absolute Gasteiger partial charge is 0.178 e. The molecule has 0 saturated heterocycles. The Morgan fingerprint density at radius 2 is 0.786 bits per heavy atom. The van der Waals surface area contributed by atoms with Crippen LogP contribution in [0.1, 0.15) is 141 Å². The van der Waals surface area contributed by atoms with Crippen molar-refractivity contribution in [1.82, 2.24) is 9.97 Å². The number of aliphatic imine (C=N–C) groups is 3. The lowest BCUT2D eigenvalue weighted by molar-refractivity contribution is 0.101. The van der Waals surface area contributed by atoms with Crippen molar-refractivity contribution in [3.63, 3.8) is 0 Å². The van der Waals surface area contributed by atoms with Gasteiger partial charge in [-0.15, -0.1) is 0 Å². The molecule has 0 radical (unpaired) electrons. The number of aromatic nitrogens is 2. The monoisotopic (exact) mass is 747 g/mol. The Bertz CT molecular complexity index is 2270. The largest absolute Gasteiger partial charge is 0.293 e. The number of ketones is 1. The molecule has 0 spiro atoms. The number of benzene rings is 3. The van der Waals surface area contributed by atoms with Crippen LogP contribution in [-0.4, -0.2) is 32.9 Å². The fourth-order valence-electron chi connectivity index (χ4n) is 6.61. The van der Waals surface area contributed by atoms with Crippen LogP contribution in [0, 0.1) is 41.5 Å². The topological polar surface area (TPSA) is 79.9 Å².